The number of carbonyl (C=O) groups is 3. The van der Waals surface area contributed by atoms with Crippen molar-refractivity contribution in [2.75, 3.05) is 26.7 Å². The Labute approximate surface area is 306 Å². The van der Waals surface area contributed by atoms with Crippen LogP contribution in [0, 0.1) is 5.82 Å². The Morgan fingerprint density at radius 1 is 0.904 bits per heavy atom. The van der Waals surface area contributed by atoms with E-state index >= 15 is 0 Å². The number of fused-ring (bicyclic) bond motifs is 1. The maximum absolute atomic E-state index is 14.1. The van der Waals surface area contributed by atoms with Gasteiger partial charge in [-0.05, 0) is 84.5 Å². The summed E-state index contributed by atoms with van der Waals surface area (Å²) in [4.78, 5) is 44.8. The summed E-state index contributed by atoms with van der Waals surface area (Å²) in [6.07, 6.45) is 4.14. The van der Waals surface area contributed by atoms with E-state index in [1.54, 1.807) is 65.4 Å². The molecule has 0 aliphatic carbocycles. The Kier molecular flexibility index (Phi) is 10.3. The van der Waals surface area contributed by atoms with Gasteiger partial charge in [0, 0.05) is 49.3 Å². The molecule has 52 heavy (non-hydrogen) atoms. The highest BCUT2D eigenvalue weighted by Gasteiger charge is 2.35. The number of hydrogen-bond acceptors (Lipinski definition) is 6. The van der Waals surface area contributed by atoms with Crippen LogP contribution >= 0.6 is 11.6 Å². The summed E-state index contributed by atoms with van der Waals surface area (Å²) in [5.41, 5.74) is 5.03. The van der Waals surface area contributed by atoms with Gasteiger partial charge in [0.25, 0.3) is 11.8 Å². The topological polar surface area (TPSA) is 110 Å². The first kappa shape index (κ1) is 34.9. The molecule has 4 aromatic carbocycles. The molecular formula is C40H38ClFN6O4. The molecule has 12 heteroatoms. The number of hydrogen-bond donors (Lipinski definition) is 1. The molecule has 10 nitrogen and oxygen atoms in total. The van der Waals surface area contributed by atoms with Crippen LogP contribution in [0.15, 0.2) is 97.2 Å². The van der Waals surface area contributed by atoms with E-state index < -0.39 is 6.04 Å². The van der Waals surface area contributed by atoms with E-state index in [4.69, 9.17) is 16.3 Å². The summed E-state index contributed by atoms with van der Waals surface area (Å²) >= 11 is 6.42. The molecule has 0 spiro atoms. The van der Waals surface area contributed by atoms with Gasteiger partial charge in [-0.2, -0.15) is 0 Å². The summed E-state index contributed by atoms with van der Waals surface area (Å²) in [6, 6.07) is 25.4. The molecule has 3 heterocycles. The van der Waals surface area contributed by atoms with Gasteiger partial charge in [-0.15, -0.1) is 5.10 Å². The minimum atomic E-state index is -0.730. The van der Waals surface area contributed by atoms with Crippen LogP contribution in [-0.4, -0.2) is 75.3 Å². The van der Waals surface area contributed by atoms with E-state index in [1.165, 1.54) is 12.1 Å². The van der Waals surface area contributed by atoms with Crippen LogP contribution in [0.4, 0.5) is 4.39 Å². The Hall–Kier alpha value is -5.55. The van der Waals surface area contributed by atoms with Crippen molar-refractivity contribution in [2.24, 2.45) is 0 Å². The van der Waals surface area contributed by atoms with Gasteiger partial charge in [-0.1, -0.05) is 59.3 Å². The zero-order valence-corrected chi connectivity index (χ0v) is 29.4. The van der Waals surface area contributed by atoms with Crippen LogP contribution in [0.5, 0.6) is 5.75 Å². The third-order valence-corrected chi connectivity index (χ3v) is 10.2. The zero-order chi connectivity index (χ0) is 36.2. The SMILES string of the molecule is COc1ccc(Cl)c(-c2cn(C3CCN(C(=O)c4cccc(C(=O)N5Cc6ccccc6CC5C(=O)NCCc5ccc(F)cc5)c4)CC3)nn2)c1. The van der Waals surface area contributed by atoms with Gasteiger partial charge in [0.1, 0.15) is 23.3 Å². The van der Waals surface area contributed by atoms with Crippen LogP contribution in [0.3, 0.4) is 0 Å². The number of rotatable bonds is 9. The van der Waals surface area contributed by atoms with Gasteiger partial charge in [0.15, 0.2) is 0 Å². The van der Waals surface area contributed by atoms with Crippen LogP contribution in [0.1, 0.15) is 56.3 Å². The maximum Gasteiger partial charge on any atom is 0.254 e. The van der Waals surface area contributed by atoms with Gasteiger partial charge in [0.05, 0.1) is 24.4 Å². The molecule has 1 atom stereocenters. The molecule has 0 radical (unpaired) electrons. The molecule has 1 N–H and O–H groups in total. The van der Waals surface area contributed by atoms with Gasteiger partial charge < -0.3 is 19.9 Å². The number of piperidine rings is 1. The van der Waals surface area contributed by atoms with Crippen molar-refractivity contribution >= 4 is 29.3 Å². The molecule has 0 saturated carbocycles. The second-order valence-electron chi connectivity index (χ2n) is 13.1. The number of carbonyl (C=O) groups excluding carboxylic acids is 3. The van der Waals surface area contributed by atoms with E-state index in [0.717, 1.165) is 22.3 Å². The van der Waals surface area contributed by atoms with E-state index in [-0.39, 0.29) is 36.1 Å². The fourth-order valence-corrected chi connectivity index (χ4v) is 7.16. The minimum Gasteiger partial charge on any atom is -0.497 e. The predicted molar refractivity (Wildman–Crippen MR) is 195 cm³/mol. The van der Waals surface area contributed by atoms with Crippen LogP contribution in [0.2, 0.25) is 5.02 Å². The second-order valence-corrected chi connectivity index (χ2v) is 13.5. The number of halogens is 2. The highest BCUT2D eigenvalue weighted by atomic mass is 35.5. The largest absolute Gasteiger partial charge is 0.497 e. The molecular weight excluding hydrogens is 683 g/mol. The highest BCUT2D eigenvalue weighted by molar-refractivity contribution is 6.33. The molecule has 2 aliphatic heterocycles. The van der Waals surface area contributed by atoms with E-state index in [1.807, 2.05) is 41.2 Å². The lowest BCUT2D eigenvalue weighted by molar-refractivity contribution is -0.126. The smallest absolute Gasteiger partial charge is 0.254 e. The van der Waals surface area contributed by atoms with Crippen molar-refractivity contribution in [3.8, 4) is 17.0 Å². The van der Waals surface area contributed by atoms with Crippen molar-refractivity contribution in [2.45, 2.75) is 44.3 Å². The minimum absolute atomic E-state index is 0.0587. The quantitative estimate of drug-likeness (QED) is 0.196. The first-order valence-electron chi connectivity index (χ1n) is 17.3. The lowest BCUT2D eigenvalue weighted by Crippen LogP contribution is -2.52. The number of benzene rings is 4. The number of aromatic nitrogens is 3. The molecule has 266 valence electrons. The lowest BCUT2D eigenvalue weighted by Gasteiger charge is -2.36. The third kappa shape index (κ3) is 7.55. The first-order chi connectivity index (χ1) is 25.3. The summed E-state index contributed by atoms with van der Waals surface area (Å²) in [6.45, 7) is 1.64. The summed E-state index contributed by atoms with van der Waals surface area (Å²) in [5, 5.41) is 12.2. The van der Waals surface area contributed by atoms with Crippen molar-refractivity contribution in [1.82, 2.24) is 30.1 Å². The van der Waals surface area contributed by atoms with Gasteiger partial charge in [-0.3, -0.25) is 14.4 Å². The Bertz CT molecular complexity index is 2100. The molecule has 5 aromatic rings. The normalized spacial score (nSPS) is 15.9. The fraction of sp³-hybridized carbons (Fsp3) is 0.275. The standard InChI is InChI=1S/C40H38ClFN6O4/c1-52-33-13-14-35(41)34(23-33)36-25-48(45-44-36)32-16-19-46(20-17-32)39(50)28-7-4-8-29(21-28)40(51)47-24-30-6-3-2-5-27(30)22-37(47)38(49)43-18-15-26-9-11-31(42)12-10-26/h2-14,21,23,25,32,37H,15-20,22,24H2,1H3,(H,43,49). The van der Waals surface area contributed by atoms with Gasteiger partial charge in [0.2, 0.25) is 5.91 Å². The average Bonchev–Trinajstić information content (AvgIpc) is 3.68. The molecule has 1 saturated heterocycles. The zero-order valence-electron chi connectivity index (χ0n) is 28.7. The van der Waals surface area contributed by atoms with E-state index in [2.05, 4.69) is 15.6 Å². The molecule has 0 bridgehead atoms. The highest BCUT2D eigenvalue weighted by Crippen LogP contribution is 2.32. The summed E-state index contributed by atoms with van der Waals surface area (Å²) < 4.78 is 20.5. The van der Waals surface area contributed by atoms with Crippen molar-refractivity contribution < 1.29 is 23.5 Å². The van der Waals surface area contributed by atoms with Crippen LogP contribution < -0.4 is 10.1 Å². The predicted octanol–water partition coefficient (Wildman–Crippen LogP) is 6.15. The number of methoxy groups -OCH3 is 1. The Morgan fingerprint density at radius 3 is 2.38 bits per heavy atom. The van der Waals surface area contributed by atoms with Crippen LogP contribution in [-0.2, 0) is 24.2 Å². The number of amides is 3. The molecule has 1 fully saturated rings. The maximum atomic E-state index is 14.1. The van der Waals surface area contributed by atoms with E-state index in [9.17, 15) is 18.8 Å². The number of nitrogens with zero attached hydrogens (tertiary/aromatic N) is 5. The molecule has 2 aliphatic rings. The molecule has 3 amide bonds. The van der Waals surface area contributed by atoms with Crippen LogP contribution in [0.25, 0.3) is 11.3 Å². The van der Waals surface area contributed by atoms with Crippen molar-refractivity contribution in [3.05, 3.63) is 136 Å². The van der Waals surface area contributed by atoms with Crippen molar-refractivity contribution in [3.63, 3.8) is 0 Å². The Morgan fingerprint density at radius 2 is 1.63 bits per heavy atom. The number of likely N-dealkylation sites (tertiary alicyclic amines) is 1. The van der Waals surface area contributed by atoms with E-state index in [0.29, 0.717) is 72.9 Å². The monoisotopic (exact) mass is 720 g/mol. The molecule has 7 rings (SSSR count). The summed E-state index contributed by atoms with van der Waals surface area (Å²) in [7, 11) is 1.60. The lowest BCUT2D eigenvalue weighted by atomic mass is 9.92. The summed E-state index contributed by atoms with van der Waals surface area (Å²) in [5.74, 6) is -0.374. The molecule has 1 unspecified atom stereocenters. The van der Waals surface area contributed by atoms with Crippen molar-refractivity contribution in [1.29, 1.82) is 0 Å². The van der Waals surface area contributed by atoms with Gasteiger partial charge in [-0.25, -0.2) is 9.07 Å². The second kappa shape index (κ2) is 15.4. The number of nitrogens with one attached hydrogen (secondary N) is 1. The van der Waals surface area contributed by atoms with Gasteiger partial charge >= 0.3 is 0 Å². The number of ether oxygens (including phenoxy) is 1. The first-order valence-corrected chi connectivity index (χ1v) is 17.7. The Balaban J connectivity index is 1.01. The average molecular weight is 721 g/mol. The third-order valence-electron chi connectivity index (χ3n) is 9.88. The molecule has 1 aromatic heterocycles. The fourth-order valence-electron chi connectivity index (χ4n) is 6.94.